The fraction of sp³-hybridized carbons (Fsp3) is 0.208. The van der Waals surface area contributed by atoms with E-state index in [9.17, 15) is 9.59 Å². The number of ether oxygens (including phenoxy) is 2. The number of esters is 1. The van der Waals surface area contributed by atoms with Gasteiger partial charge in [-0.3, -0.25) is 9.59 Å². The second kappa shape index (κ2) is 9.14. The smallest absolute Gasteiger partial charge is 0.325 e. The molecule has 0 saturated carbocycles. The standard InChI is InChI=1S/C24H22N2O4S/c1-3-30-19-12-7-13-20-23(19)26(15-22(28)29-2)24(31-20)25-21(27)14-17-10-6-9-16-8-4-5-11-18(16)17/h4-13H,3,14-15H2,1-2H3. The molecular formula is C24H22N2O4S. The molecule has 31 heavy (non-hydrogen) atoms. The number of rotatable bonds is 6. The molecule has 1 heterocycles. The first-order valence-corrected chi connectivity index (χ1v) is 10.8. The summed E-state index contributed by atoms with van der Waals surface area (Å²) < 4.78 is 13.2. The van der Waals surface area contributed by atoms with Gasteiger partial charge in [0.1, 0.15) is 17.8 Å². The molecular weight excluding hydrogens is 412 g/mol. The van der Waals surface area contributed by atoms with E-state index in [0.29, 0.717) is 17.2 Å². The molecule has 0 aliphatic rings. The number of hydrogen-bond donors (Lipinski definition) is 0. The molecule has 0 spiro atoms. The Labute approximate surface area is 183 Å². The maximum Gasteiger partial charge on any atom is 0.325 e. The first kappa shape index (κ1) is 20.8. The number of carbonyl (C=O) groups is 2. The third-order valence-electron chi connectivity index (χ3n) is 4.92. The van der Waals surface area contributed by atoms with Gasteiger partial charge in [0.05, 0.1) is 24.8 Å². The lowest BCUT2D eigenvalue weighted by Gasteiger charge is -2.09. The lowest BCUT2D eigenvalue weighted by Crippen LogP contribution is -2.23. The van der Waals surface area contributed by atoms with Crippen molar-refractivity contribution >= 4 is 44.2 Å². The van der Waals surface area contributed by atoms with Gasteiger partial charge in [0.25, 0.3) is 5.91 Å². The van der Waals surface area contributed by atoms with Crippen LogP contribution in [0, 0.1) is 0 Å². The molecule has 0 N–H and O–H groups in total. The second-order valence-corrected chi connectivity index (χ2v) is 7.91. The molecule has 0 aliphatic heterocycles. The van der Waals surface area contributed by atoms with Crippen molar-refractivity contribution in [1.82, 2.24) is 4.57 Å². The third-order valence-corrected chi connectivity index (χ3v) is 5.96. The van der Waals surface area contributed by atoms with Crippen molar-refractivity contribution in [2.24, 2.45) is 4.99 Å². The SMILES string of the molecule is CCOc1cccc2sc(=NC(=O)Cc3cccc4ccccc34)n(CC(=O)OC)c12. The number of methoxy groups -OCH3 is 1. The molecule has 4 aromatic rings. The van der Waals surface area contributed by atoms with Gasteiger partial charge in [0.2, 0.25) is 0 Å². The highest BCUT2D eigenvalue weighted by Gasteiger charge is 2.16. The maximum absolute atomic E-state index is 12.9. The van der Waals surface area contributed by atoms with E-state index in [1.54, 1.807) is 4.57 Å². The first-order valence-electron chi connectivity index (χ1n) is 9.97. The van der Waals surface area contributed by atoms with Crippen LogP contribution in [0.15, 0.2) is 65.7 Å². The molecule has 0 aliphatic carbocycles. The monoisotopic (exact) mass is 434 g/mol. The fourth-order valence-corrected chi connectivity index (χ4v) is 4.62. The van der Waals surface area contributed by atoms with Gasteiger partial charge in [-0.1, -0.05) is 59.9 Å². The predicted octanol–water partition coefficient (Wildman–Crippen LogP) is 4.10. The molecule has 0 saturated heterocycles. The van der Waals surface area contributed by atoms with E-state index in [-0.39, 0.29) is 18.9 Å². The first-order chi connectivity index (χ1) is 15.1. The third kappa shape index (κ3) is 4.36. The van der Waals surface area contributed by atoms with Crippen LogP contribution in [-0.2, 0) is 27.3 Å². The zero-order chi connectivity index (χ0) is 21.8. The van der Waals surface area contributed by atoms with Crippen LogP contribution < -0.4 is 9.54 Å². The Kier molecular flexibility index (Phi) is 6.13. The van der Waals surface area contributed by atoms with Crippen molar-refractivity contribution in [2.45, 2.75) is 19.9 Å². The Hall–Kier alpha value is -3.45. The Bertz CT molecular complexity index is 1330. The van der Waals surface area contributed by atoms with Crippen molar-refractivity contribution in [3.63, 3.8) is 0 Å². The molecule has 4 rings (SSSR count). The quantitative estimate of drug-likeness (QED) is 0.429. The van der Waals surface area contributed by atoms with Crippen LogP contribution in [0.25, 0.3) is 21.0 Å². The van der Waals surface area contributed by atoms with Gasteiger partial charge in [0, 0.05) is 0 Å². The summed E-state index contributed by atoms with van der Waals surface area (Å²) in [6, 6.07) is 19.5. The summed E-state index contributed by atoms with van der Waals surface area (Å²) in [6.07, 6.45) is 0.173. The summed E-state index contributed by atoms with van der Waals surface area (Å²) >= 11 is 1.35. The van der Waals surface area contributed by atoms with E-state index in [2.05, 4.69) is 4.99 Å². The van der Waals surface area contributed by atoms with Gasteiger partial charge < -0.3 is 14.0 Å². The van der Waals surface area contributed by atoms with Crippen LogP contribution >= 0.6 is 11.3 Å². The van der Waals surface area contributed by atoms with E-state index in [4.69, 9.17) is 9.47 Å². The average Bonchev–Trinajstić information content (AvgIpc) is 3.11. The van der Waals surface area contributed by atoms with Gasteiger partial charge in [-0.05, 0) is 35.4 Å². The van der Waals surface area contributed by atoms with E-state index in [0.717, 1.165) is 26.6 Å². The Morgan fingerprint density at radius 3 is 2.61 bits per heavy atom. The number of hydrogen-bond acceptors (Lipinski definition) is 5. The van der Waals surface area contributed by atoms with Crippen molar-refractivity contribution in [3.05, 3.63) is 71.0 Å². The molecule has 0 unspecified atom stereocenters. The second-order valence-electron chi connectivity index (χ2n) is 6.90. The summed E-state index contributed by atoms with van der Waals surface area (Å²) in [4.78, 5) is 29.8. The highest BCUT2D eigenvalue weighted by atomic mass is 32.1. The molecule has 0 radical (unpaired) electrons. The van der Waals surface area contributed by atoms with Crippen molar-refractivity contribution in [2.75, 3.05) is 13.7 Å². The molecule has 3 aromatic carbocycles. The highest BCUT2D eigenvalue weighted by molar-refractivity contribution is 7.16. The number of carbonyl (C=O) groups excluding carboxylic acids is 2. The molecule has 1 amide bonds. The molecule has 7 heteroatoms. The van der Waals surface area contributed by atoms with Crippen LogP contribution in [0.5, 0.6) is 5.75 Å². The summed E-state index contributed by atoms with van der Waals surface area (Å²) in [6.45, 7) is 2.33. The molecule has 158 valence electrons. The van der Waals surface area contributed by atoms with Crippen molar-refractivity contribution < 1.29 is 19.1 Å². The number of amides is 1. The van der Waals surface area contributed by atoms with Crippen LogP contribution in [0.4, 0.5) is 0 Å². The zero-order valence-corrected chi connectivity index (χ0v) is 18.1. The molecule has 0 atom stereocenters. The number of fused-ring (bicyclic) bond motifs is 2. The van der Waals surface area contributed by atoms with E-state index in [1.807, 2.05) is 67.6 Å². The Morgan fingerprint density at radius 1 is 1.03 bits per heavy atom. The normalized spacial score (nSPS) is 11.7. The number of thiazole rings is 1. The lowest BCUT2D eigenvalue weighted by atomic mass is 10.0. The van der Waals surface area contributed by atoms with Crippen LogP contribution in [0.1, 0.15) is 12.5 Å². The number of nitrogens with zero attached hydrogens (tertiary/aromatic N) is 2. The molecule has 0 bridgehead atoms. The summed E-state index contributed by atoms with van der Waals surface area (Å²) in [5, 5.41) is 2.11. The predicted molar refractivity (Wildman–Crippen MR) is 121 cm³/mol. The topological polar surface area (TPSA) is 69.9 Å². The number of aromatic nitrogens is 1. The summed E-state index contributed by atoms with van der Waals surface area (Å²) in [5.74, 6) is -0.0588. The largest absolute Gasteiger partial charge is 0.492 e. The van der Waals surface area contributed by atoms with Crippen LogP contribution in [-0.4, -0.2) is 30.2 Å². The lowest BCUT2D eigenvalue weighted by molar-refractivity contribution is -0.141. The molecule has 6 nitrogen and oxygen atoms in total. The fourth-order valence-electron chi connectivity index (χ4n) is 3.55. The number of benzene rings is 3. The highest BCUT2D eigenvalue weighted by Crippen LogP contribution is 2.28. The minimum Gasteiger partial charge on any atom is -0.492 e. The molecule has 0 fully saturated rings. The van der Waals surface area contributed by atoms with Gasteiger partial charge in [0.15, 0.2) is 4.80 Å². The van der Waals surface area contributed by atoms with Gasteiger partial charge in [-0.2, -0.15) is 4.99 Å². The molecule has 1 aromatic heterocycles. The van der Waals surface area contributed by atoms with E-state index in [1.165, 1.54) is 18.4 Å². The average molecular weight is 435 g/mol. The van der Waals surface area contributed by atoms with E-state index < -0.39 is 5.97 Å². The van der Waals surface area contributed by atoms with E-state index >= 15 is 0 Å². The Morgan fingerprint density at radius 2 is 1.81 bits per heavy atom. The zero-order valence-electron chi connectivity index (χ0n) is 17.3. The van der Waals surface area contributed by atoms with Crippen molar-refractivity contribution in [1.29, 1.82) is 0 Å². The maximum atomic E-state index is 12.9. The summed E-state index contributed by atoms with van der Waals surface area (Å²) in [5.41, 5.74) is 1.65. The van der Waals surface area contributed by atoms with Gasteiger partial charge >= 0.3 is 5.97 Å². The summed E-state index contributed by atoms with van der Waals surface area (Å²) in [7, 11) is 1.34. The van der Waals surface area contributed by atoms with Gasteiger partial charge in [-0.15, -0.1) is 0 Å². The minimum absolute atomic E-state index is 0.0546. The van der Waals surface area contributed by atoms with Gasteiger partial charge in [-0.25, -0.2) is 0 Å². The number of para-hydroxylation sites is 1. The van der Waals surface area contributed by atoms with Crippen molar-refractivity contribution in [3.8, 4) is 5.75 Å². The Balaban J connectivity index is 1.78. The van der Waals surface area contributed by atoms with Crippen LogP contribution in [0.2, 0.25) is 0 Å². The van der Waals surface area contributed by atoms with Crippen LogP contribution in [0.3, 0.4) is 0 Å². The minimum atomic E-state index is -0.422.